The standard InChI is InChI=1S/C23H27FN2O4/c1-4-26(15-20(27)25-14-17-10-12-19(24)13-11-17)21(28)16-30-22(29)23(2,3)18-8-6-5-7-9-18/h5-13H,4,14-16H2,1-3H3,(H,25,27). The fourth-order valence-corrected chi connectivity index (χ4v) is 2.78. The number of benzene rings is 2. The molecule has 2 aromatic rings. The molecule has 0 aliphatic rings. The average Bonchev–Trinajstić information content (AvgIpc) is 2.75. The first-order valence-electron chi connectivity index (χ1n) is 9.75. The molecule has 0 aliphatic heterocycles. The van der Waals surface area contributed by atoms with Gasteiger partial charge in [0.25, 0.3) is 5.91 Å². The summed E-state index contributed by atoms with van der Waals surface area (Å²) in [4.78, 5) is 38.4. The maximum absolute atomic E-state index is 12.9. The highest BCUT2D eigenvalue weighted by molar-refractivity contribution is 5.88. The van der Waals surface area contributed by atoms with Crippen LogP contribution in [0.2, 0.25) is 0 Å². The second-order valence-electron chi connectivity index (χ2n) is 7.38. The maximum Gasteiger partial charge on any atom is 0.316 e. The maximum atomic E-state index is 12.9. The summed E-state index contributed by atoms with van der Waals surface area (Å²) < 4.78 is 18.2. The lowest BCUT2D eigenvalue weighted by Gasteiger charge is -2.24. The molecule has 0 radical (unpaired) electrons. The molecular weight excluding hydrogens is 387 g/mol. The van der Waals surface area contributed by atoms with Gasteiger partial charge in [0, 0.05) is 13.1 Å². The molecule has 7 heteroatoms. The Balaban J connectivity index is 1.84. The van der Waals surface area contributed by atoms with Crippen LogP contribution in [0.3, 0.4) is 0 Å². The number of ether oxygens (including phenoxy) is 1. The van der Waals surface area contributed by atoms with Crippen LogP contribution >= 0.6 is 0 Å². The lowest BCUT2D eigenvalue weighted by atomic mass is 9.85. The highest BCUT2D eigenvalue weighted by Crippen LogP contribution is 2.24. The van der Waals surface area contributed by atoms with Gasteiger partial charge in [-0.05, 0) is 44.0 Å². The summed E-state index contributed by atoms with van der Waals surface area (Å²) in [5, 5.41) is 2.69. The number of carbonyl (C=O) groups excluding carboxylic acids is 3. The minimum atomic E-state index is -0.898. The van der Waals surface area contributed by atoms with Gasteiger partial charge in [0.2, 0.25) is 5.91 Å². The van der Waals surface area contributed by atoms with Gasteiger partial charge >= 0.3 is 5.97 Å². The number of nitrogens with zero attached hydrogens (tertiary/aromatic N) is 1. The van der Waals surface area contributed by atoms with E-state index in [4.69, 9.17) is 4.74 Å². The molecule has 1 N–H and O–H groups in total. The molecule has 0 bridgehead atoms. The number of likely N-dealkylation sites (N-methyl/N-ethyl adjacent to an activating group) is 1. The van der Waals surface area contributed by atoms with Crippen molar-refractivity contribution in [1.82, 2.24) is 10.2 Å². The number of hydrogen-bond acceptors (Lipinski definition) is 4. The Kier molecular flexibility index (Phi) is 8.09. The third-order valence-corrected chi connectivity index (χ3v) is 4.80. The molecule has 2 aromatic carbocycles. The van der Waals surface area contributed by atoms with Gasteiger partial charge in [0.05, 0.1) is 12.0 Å². The fraction of sp³-hybridized carbons (Fsp3) is 0.348. The van der Waals surface area contributed by atoms with Gasteiger partial charge in [-0.25, -0.2) is 4.39 Å². The first-order chi connectivity index (χ1) is 14.2. The second-order valence-corrected chi connectivity index (χ2v) is 7.38. The van der Waals surface area contributed by atoms with E-state index in [-0.39, 0.29) is 24.8 Å². The third kappa shape index (κ3) is 6.40. The summed E-state index contributed by atoms with van der Waals surface area (Å²) in [5.74, 6) is -1.67. The molecule has 0 fully saturated rings. The van der Waals surface area contributed by atoms with E-state index in [1.54, 1.807) is 32.9 Å². The summed E-state index contributed by atoms with van der Waals surface area (Å²) in [6.07, 6.45) is 0. The molecule has 0 unspecified atom stereocenters. The van der Waals surface area contributed by atoms with Crippen molar-refractivity contribution in [2.45, 2.75) is 32.7 Å². The van der Waals surface area contributed by atoms with Crippen molar-refractivity contribution in [3.63, 3.8) is 0 Å². The molecule has 0 saturated carbocycles. The minimum Gasteiger partial charge on any atom is -0.455 e. The topological polar surface area (TPSA) is 75.7 Å². The normalized spacial score (nSPS) is 10.9. The van der Waals surface area contributed by atoms with E-state index in [0.717, 1.165) is 11.1 Å². The summed E-state index contributed by atoms with van der Waals surface area (Å²) in [5.41, 5.74) is 0.636. The number of amides is 2. The quantitative estimate of drug-likeness (QED) is 0.641. The number of nitrogens with one attached hydrogen (secondary N) is 1. The monoisotopic (exact) mass is 414 g/mol. The van der Waals surface area contributed by atoms with Crippen LogP contribution < -0.4 is 5.32 Å². The summed E-state index contributed by atoms with van der Waals surface area (Å²) in [7, 11) is 0. The summed E-state index contributed by atoms with van der Waals surface area (Å²) >= 11 is 0. The molecule has 0 aromatic heterocycles. The van der Waals surface area contributed by atoms with Crippen LogP contribution in [0.15, 0.2) is 54.6 Å². The number of halogens is 1. The molecule has 0 atom stereocenters. The first-order valence-corrected chi connectivity index (χ1v) is 9.75. The molecule has 6 nitrogen and oxygen atoms in total. The zero-order chi connectivity index (χ0) is 22.1. The minimum absolute atomic E-state index is 0.157. The Bertz CT molecular complexity index is 867. The van der Waals surface area contributed by atoms with Crippen LogP contribution in [-0.4, -0.2) is 42.4 Å². The average molecular weight is 414 g/mol. The third-order valence-electron chi connectivity index (χ3n) is 4.80. The van der Waals surface area contributed by atoms with Crippen molar-refractivity contribution in [3.05, 3.63) is 71.5 Å². The zero-order valence-corrected chi connectivity index (χ0v) is 17.5. The molecule has 0 spiro atoms. The lowest BCUT2D eigenvalue weighted by molar-refractivity contribution is -0.156. The van der Waals surface area contributed by atoms with Crippen LogP contribution in [0.1, 0.15) is 31.9 Å². The first kappa shape index (κ1) is 23.1. The number of rotatable bonds is 9. The van der Waals surface area contributed by atoms with Crippen molar-refractivity contribution in [2.75, 3.05) is 19.7 Å². The molecule has 2 amide bonds. The predicted molar refractivity (Wildman–Crippen MR) is 111 cm³/mol. The Hall–Kier alpha value is -3.22. The largest absolute Gasteiger partial charge is 0.455 e. The fourth-order valence-electron chi connectivity index (χ4n) is 2.78. The van der Waals surface area contributed by atoms with Crippen molar-refractivity contribution in [1.29, 1.82) is 0 Å². The van der Waals surface area contributed by atoms with Crippen LogP contribution in [0, 0.1) is 5.82 Å². The summed E-state index contributed by atoms with van der Waals surface area (Å²) in [6.45, 7) is 5.13. The van der Waals surface area contributed by atoms with E-state index in [1.165, 1.54) is 17.0 Å². The van der Waals surface area contributed by atoms with E-state index >= 15 is 0 Å². The van der Waals surface area contributed by atoms with Gasteiger partial charge in [0.15, 0.2) is 6.61 Å². The SMILES string of the molecule is CCN(CC(=O)NCc1ccc(F)cc1)C(=O)COC(=O)C(C)(C)c1ccccc1. The van der Waals surface area contributed by atoms with Crippen LogP contribution in [0.25, 0.3) is 0 Å². The lowest BCUT2D eigenvalue weighted by Crippen LogP contribution is -2.43. The highest BCUT2D eigenvalue weighted by atomic mass is 19.1. The zero-order valence-electron chi connectivity index (χ0n) is 17.5. The van der Waals surface area contributed by atoms with Crippen molar-refractivity contribution >= 4 is 17.8 Å². The Labute approximate surface area is 176 Å². The molecule has 30 heavy (non-hydrogen) atoms. The van der Waals surface area contributed by atoms with Gasteiger partial charge in [-0.2, -0.15) is 0 Å². The van der Waals surface area contributed by atoms with Gasteiger partial charge < -0.3 is 15.0 Å². The Morgan fingerprint density at radius 3 is 2.27 bits per heavy atom. The van der Waals surface area contributed by atoms with Crippen molar-refractivity contribution in [3.8, 4) is 0 Å². The van der Waals surface area contributed by atoms with E-state index < -0.39 is 23.9 Å². The van der Waals surface area contributed by atoms with E-state index in [2.05, 4.69) is 5.32 Å². The van der Waals surface area contributed by atoms with Crippen LogP contribution in [0.5, 0.6) is 0 Å². The Morgan fingerprint density at radius 2 is 1.67 bits per heavy atom. The van der Waals surface area contributed by atoms with Crippen LogP contribution in [-0.2, 0) is 31.1 Å². The Morgan fingerprint density at radius 1 is 1.03 bits per heavy atom. The molecule has 0 heterocycles. The van der Waals surface area contributed by atoms with E-state index in [1.807, 2.05) is 30.3 Å². The summed E-state index contributed by atoms with van der Waals surface area (Å²) in [6, 6.07) is 15.0. The molecular formula is C23H27FN2O4. The molecule has 0 aliphatic carbocycles. The van der Waals surface area contributed by atoms with Gasteiger partial charge in [-0.15, -0.1) is 0 Å². The van der Waals surface area contributed by atoms with Gasteiger partial charge in [-0.1, -0.05) is 42.5 Å². The van der Waals surface area contributed by atoms with Crippen molar-refractivity contribution in [2.24, 2.45) is 0 Å². The second kappa shape index (κ2) is 10.5. The number of esters is 1. The smallest absolute Gasteiger partial charge is 0.316 e. The molecule has 2 rings (SSSR count). The van der Waals surface area contributed by atoms with Crippen LogP contribution in [0.4, 0.5) is 4.39 Å². The molecule has 160 valence electrons. The molecule has 0 saturated heterocycles. The predicted octanol–water partition coefficient (Wildman–Crippen LogP) is 2.81. The van der Waals surface area contributed by atoms with Crippen molar-refractivity contribution < 1.29 is 23.5 Å². The number of carbonyl (C=O) groups is 3. The van der Waals surface area contributed by atoms with E-state index in [0.29, 0.717) is 6.54 Å². The van der Waals surface area contributed by atoms with E-state index in [9.17, 15) is 18.8 Å². The number of hydrogen-bond donors (Lipinski definition) is 1. The van der Waals surface area contributed by atoms with Gasteiger partial charge in [0.1, 0.15) is 5.82 Å². The van der Waals surface area contributed by atoms with Gasteiger partial charge in [-0.3, -0.25) is 14.4 Å². The highest BCUT2D eigenvalue weighted by Gasteiger charge is 2.32.